The van der Waals surface area contributed by atoms with Crippen molar-refractivity contribution in [2.24, 2.45) is 0 Å². The summed E-state index contributed by atoms with van der Waals surface area (Å²) >= 11 is 1.97. The molecule has 0 bridgehead atoms. The van der Waals surface area contributed by atoms with Crippen molar-refractivity contribution in [1.29, 1.82) is 0 Å². The summed E-state index contributed by atoms with van der Waals surface area (Å²) in [5, 5.41) is 4.18. The van der Waals surface area contributed by atoms with Crippen LogP contribution >= 0.6 is 11.8 Å². The molecular weight excluding hydrogens is 250 g/mol. The average Bonchev–Trinajstić information content (AvgIpc) is 2.39. The molecule has 0 saturated heterocycles. The van der Waals surface area contributed by atoms with Crippen LogP contribution in [0.3, 0.4) is 0 Å². The Morgan fingerprint density at radius 3 is 2.32 bits per heavy atom. The quantitative estimate of drug-likeness (QED) is 0.500. The number of thioether (sulfide) groups is 1. The van der Waals surface area contributed by atoms with E-state index in [1.807, 2.05) is 11.8 Å². The number of hydrogen-bond acceptors (Lipinski definition) is 2. The van der Waals surface area contributed by atoms with Gasteiger partial charge in [0.25, 0.3) is 0 Å². The minimum Gasteiger partial charge on any atom is -0.316 e. The molecule has 0 fully saturated rings. The predicted molar refractivity (Wildman–Crippen MR) is 88.2 cm³/mol. The minimum atomic E-state index is 0.622. The van der Waals surface area contributed by atoms with Gasteiger partial charge in [0.05, 0.1) is 0 Å². The van der Waals surface area contributed by atoms with Gasteiger partial charge in [0.2, 0.25) is 0 Å². The lowest BCUT2D eigenvalue weighted by atomic mass is 10.0. The average molecular weight is 279 g/mol. The fourth-order valence-corrected chi connectivity index (χ4v) is 2.97. The molecule has 0 aliphatic rings. The first-order chi connectivity index (χ1) is 9.13. The molecule has 1 N–H and O–H groups in total. The highest BCUT2D eigenvalue weighted by Crippen LogP contribution is 2.25. The smallest absolute Gasteiger partial charge is 0.0191 e. The largest absolute Gasteiger partial charge is 0.316 e. The summed E-state index contributed by atoms with van der Waals surface area (Å²) in [7, 11) is 0. The fraction of sp³-hybridized carbons (Fsp3) is 0.647. The first-order valence-corrected chi connectivity index (χ1v) is 8.48. The van der Waals surface area contributed by atoms with E-state index in [1.165, 1.54) is 29.7 Å². The van der Waals surface area contributed by atoms with Crippen LogP contribution in [0.15, 0.2) is 29.2 Å². The minimum absolute atomic E-state index is 0.622. The van der Waals surface area contributed by atoms with Gasteiger partial charge in [-0.25, -0.2) is 0 Å². The lowest BCUT2D eigenvalue weighted by Crippen LogP contribution is -2.23. The van der Waals surface area contributed by atoms with Crippen molar-refractivity contribution in [3.8, 4) is 0 Å². The molecule has 108 valence electrons. The number of unbranched alkanes of at least 4 members (excludes halogenated alkanes) is 2. The summed E-state index contributed by atoms with van der Waals surface area (Å²) < 4.78 is 0. The highest BCUT2D eigenvalue weighted by atomic mass is 32.2. The van der Waals surface area contributed by atoms with E-state index in [4.69, 9.17) is 0 Å². The van der Waals surface area contributed by atoms with Crippen LogP contribution in [0.4, 0.5) is 0 Å². The topological polar surface area (TPSA) is 12.0 Å². The van der Waals surface area contributed by atoms with Gasteiger partial charge in [-0.1, -0.05) is 52.7 Å². The third-order valence-corrected chi connectivity index (χ3v) is 4.39. The zero-order valence-electron chi connectivity index (χ0n) is 12.9. The summed E-state index contributed by atoms with van der Waals surface area (Å²) in [6, 6.07) is 9.03. The van der Waals surface area contributed by atoms with Gasteiger partial charge in [0, 0.05) is 16.7 Å². The number of rotatable bonds is 9. The molecule has 0 spiro atoms. The van der Waals surface area contributed by atoms with Crippen molar-refractivity contribution in [3.05, 3.63) is 29.8 Å². The molecule has 19 heavy (non-hydrogen) atoms. The Hall–Kier alpha value is -0.470. The zero-order chi connectivity index (χ0) is 14.1. The molecule has 1 nitrogen and oxygen atoms in total. The summed E-state index contributed by atoms with van der Waals surface area (Å²) in [6.45, 7) is 11.3. The maximum absolute atomic E-state index is 3.55. The van der Waals surface area contributed by atoms with Gasteiger partial charge >= 0.3 is 0 Å². The van der Waals surface area contributed by atoms with Gasteiger partial charge in [-0.05, 0) is 36.6 Å². The zero-order valence-corrected chi connectivity index (χ0v) is 13.7. The molecule has 2 heteroatoms. The molecule has 1 unspecified atom stereocenters. The maximum atomic E-state index is 3.55. The van der Waals surface area contributed by atoms with Crippen LogP contribution in [0.2, 0.25) is 0 Å². The van der Waals surface area contributed by atoms with Crippen LogP contribution < -0.4 is 5.32 Å². The highest BCUT2D eigenvalue weighted by Gasteiger charge is 2.05. The number of nitrogens with one attached hydrogen (secondary N) is 1. The van der Waals surface area contributed by atoms with E-state index in [2.05, 4.69) is 57.3 Å². The van der Waals surface area contributed by atoms with Gasteiger partial charge in [-0.3, -0.25) is 0 Å². The highest BCUT2D eigenvalue weighted by molar-refractivity contribution is 8.00. The van der Waals surface area contributed by atoms with E-state index in [0.29, 0.717) is 11.2 Å². The molecule has 0 heterocycles. The second-order valence-electron chi connectivity index (χ2n) is 5.56. The Morgan fingerprint density at radius 1 is 1.05 bits per heavy atom. The molecule has 0 amide bonds. The van der Waals surface area contributed by atoms with Crippen molar-refractivity contribution in [3.63, 3.8) is 0 Å². The van der Waals surface area contributed by atoms with Crippen molar-refractivity contribution >= 4 is 11.8 Å². The Balaban J connectivity index is 2.26. The van der Waals surface area contributed by atoms with Gasteiger partial charge in [-0.2, -0.15) is 0 Å². The SMILES string of the molecule is CCCCCNCC(C)Sc1ccc(C(C)C)cc1. The Kier molecular flexibility index (Phi) is 8.24. The van der Waals surface area contributed by atoms with Crippen LogP contribution in [0, 0.1) is 0 Å². The van der Waals surface area contributed by atoms with E-state index in [1.54, 1.807) is 0 Å². The van der Waals surface area contributed by atoms with E-state index < -0.39 is 0 Å². The molecule has 1 aromatic carbocycles. The third kappa shape index (κ3) is 7.03. The third-order valence-electron chi connectivity index (χ3n) is 3.27. The lowest BCUT2D eigenvalue weighted by Gasteiger charge is -2.13. The van der Waals surface area contributed by atoms with Gasteiger partial charge in [0.1, 0.15) is 0 Å². The molecule has 1 rings (SSSR count). The maximum Gasteiger partial charge on any atom is 0.0191 e. The molecule has 0 aromatic heterocycles. The fourth-order valence-electron chi connectivity index (χ4n) is 2.01. The van der Waals surface area contributed by atoms with E-state index in [-0.39, 0.29) is 0 Å². The summed E-state index contributed by atoms with van der Waals surface area (Å²) in [6.07, 6.45) is 3.94. The lowest BCUT2D eigenvalue weighted by molar-refractivity contribution is 0.616. The van der Waals surface area contributed by atoms with E-state index in [9.17, 15) is 0 Å². The van der Waals surface area contributed by atoms with Gasteiger partial charge in [0.15, 0.2) is 0 Å². The summed E-state index contributed by atoms with van der Waals surface area (Å²) in [5.41, 5.74) is 1.43. The molecule has 0 aliphatic heterocycles. The van der Waals surface area contributed by atoms with E-state index >= 15 is 0 Å². The van der Waals surface area contributed by atoms with Crippen molar-refractivity contribution in [1.82, 2.24) is 5.32 Å². The Morgan fingerprint density at radius 2 is 1.74 bits per heavy atom. The van der Waals surface area contributed by atoms with Crippen molar-refractivity contribution < 1.29 is 0 Å². The number of hydrogen-bond donors (Lipinski definition) is 1. The van der Waals surface area contributed by atoms with Crippen LogP contribution in [0.25, 0.3) is 0 Å². The predicted octanol–water partition coefficient (Wildman–Crippen LogP) is 5.07. The van der Waals surface area contributed by atoms with Crippen molar-refractivity contribution in [2.75, 3.05) is 13.1 Å². The molecular formula is C17H29NS. The molecule has 0 radical (unpaired) electrons. The first-order valence-electron chi connectivity index (χ1n) is 7.60. The van der Waals surface area contributed by atoms with E-state index in [0.717, 1.165) is 13.1 Å². The summed E-state index contributed by atoms with van der Waals surface area (Å²) in [5.74, 6) is 0.622. The normalized spacial score (nSPS) is 12.9. The number of benzene rings is 1. The van der Waals surface area contributed by atoms with Crippen LogP contribution in [0.5, 0.6) is 0 Å². The Bertz CT molecular complexity index is 332. The summed E-state index contributed by atoms with van der Waals surface area (Å²) in [4.78, 5) is 1.38. The van der Waals surface area contributed by atoms with Gasteiger partial charge < -0.3 is 5.32 Å². The van der Waals surface area contributed by atoms with Crippen LogP contribution in [-0.2, 0) is 0 Å². The Labute approximate surface area is 123 Å². The van der Waals surface area contributed by atoms with Crippen LogP contribution in [-0.4, -0.2) is 18.3 Å². The van der Waals surface area contributed by atoms with Crippen molar-refractivity contribution in [2.45, 2.75) is 63.0 Å². The standard InChI is InChI=1S/C17H29NS/c1-5-6-7-12-18-13-15(4)19-17-10-8-16(9-11-17)14(2)3/h8-11,14-15,18H,5-7,12-13H2,1-4H3. The molecule has 0 saturated carbocycles. The molecule has 0 aliphatic carbocycles. The second kappa shape index (κ2) is 9.44. The molecule has 1 aromatic rings. The first kappa shape index (κ1) is 16.6. The van der Waals surface area contributed by atoms with Crippen LogP contribution in [0.1, 0.15) is 58.4 Å². The second-order valence-corrected chi connectivity index (χ2v) is 7.08. The monoisotopic (exact) mass is 279 g/mol. The van der Waals surface area contributed by atoms with Gasteiger partial charge in [-0.15, -0.1) is 11.8 Å². The molecule has 1 atom stereocenters.